The van der Waals surface area contributed by atoms with Gasteiger partial charge in [-0.2, -0.15) is 0 Å². The standard InChI is InChI=1S/C14H17NO2/c16-13-8-4-7-12(10-13)15-14(17)9-11-5-2-1-3-6-11/h1-3,5-6,12H,4,7-10H2,(H,15,17). The topological polar surface area (TPSA) is 46.2 Å². The van der Waals surface area contributed by atoms with Gasteiger partial charge in [0.1, 0.15) is 5.78 Å². The largest absolute Gasteiger partial charge is 0.353 e. The van der Waals surface area contributed by atoms with Gasteiger partial charge in [-0.3, -0.25) is 9.59 Å². The summed E-state index contributed by atoms with van der Waals surface area (Å²) in [7, 11) is 0. The Kier molecular flexibility index (Phi) is 3.91. The molecule has 1 atom stereocenters. The number of Topliss-reactive ketones (excluding diaryl/α,β-unsaturated/α-hetero) is 1. The molecule has 1 fully saturated rings. The summed E-state index contributed by atoms with van der Waals surface area (Å²) in [5.41, 5.74) is 1.01. The van der Waals surface area contributed by atoms with Crippen molar-refractivity contribution in [1.82, 2.24) is 5.32 Å². The van der Waals surface area contributed by atoms with Crippen molar-refractivity contribution < 1.29 is 9.59 Å². The van der Waals surface area contributed by atoms with Crippen molar-refractivity contribution in [2.24, 2.45) is 0 Å². The minimum atomic E-state index is 0.0101. The Bertz CT molecular complexity index is 400. The van der Waals surface area contributed by atoms with Crippen LogP contribution < -0.4 is 5.32 Å². The maximum Gasteiger partial charge on any atom is 0.224 e. The van der Waals surface area contributed by atoms with Crippen LogP contribution >= 0.6 is 0 Å². The molecular formula is C14H17NO2. The van der Waals surface area contributed by atoms with E-state index in [-0.39, 0.29) is 17.7 Å². The molecule has 90 valence electrons. The molecule has 1 amide bonds. The van der Waals surface area contributed by atoms with Crippen LogP contribution in [0.15, 0.2) is 30.3 Å². The van der Waals surface area contributed by atoms with E-state index in [0.717, 1.165) is 18.4 Å². The molecule has 0 aromatic heterocycles. The summed E-state index contributed by atoms with van der Waals surface area (Å²) >= 11 is 0. The van der Waals surface area contributed by atoms with Gasteiger partial charge in [-0.05, 0) is 18.4 Å². The van der Waals surface area contributed by atoms with Crippen LogP contribution in [0.4, 0.5) is 0 Å². The van der Waals surface area contributed by atoms with E-state index in [4.69, 9.17) is 0 Å². The van der Waals surface area contributed by atoms with Crippen molar-refractivity contribution >= 4 is 11.7 Å². The molecule has 1 N–H and O–H groups in total. The monoisotopic (exact) mass is 231 g/mol. The van der Waals surface area contributed by atoms with Crippen LogP contribution in [0.5, 0.6) is 0 Å². The van der Waals surface area contributed by atoms with Gasteiger partial charge in [-0.15, -0.1) is 0 Å². The van der Waals surface area contributed by atoms with E-state index in [1.165, 1.54) is 0 Å². The van der Waals surface area contributed by atoms with Crippen LogP contribution in [0.25, 0.3) is 0 Å². The first-order valence-electron chi connectivity index (χ1n) is 6.09. The molecule has 1 aromatic carbocycles. The Balaban J connectivity index is 1.83. The third-order valence-electron chi connectivity index (χ3n) is 3.05. The molecule has 0 radical (unpaired) electrons. The van der Waals surface area contributed by atoms with Gasteiger partial charge < -0.3 is 5.32 Å². The minimum absolute atomic E-state index is 0.0101. The number of carbonyl (C=O) groups is 2. The normalized spacial score (nSPS) is 20.0. The summed E-state index contributed by atoms with van der Waals surface area (Å²) in [4.78, 5) is 23.0. The molecule has 3 heteroatoms. The fraction of sp³-hybridized carbons (Fsp3) is 0.429. The number of rotatable bonds is 3. The molecule has 1 unspecified atom stereocenters. The van der Waals surface area contributed by atoms with E-state index in [1.54, 1.807) is 0 Å². The molecule has 17 heavy (non-hydrogen) atoms. The lowest BCUT2D eigenvalue weighted by molar-refractivity contribution is -0.123. The van der Waals surface area contributed by atoms with Crippen molar-refractivity contribution in [3.63, 3.8) is 0 Å². The molecule has 2 rings (SSSR count). The second-order valence-corrected chi connectivity index (χ2v) is 4.56. The lowest BCUT2D eigenvalue weighted by Crippen LogP contribution is -2.39. The third-order valence-corrected chi connectivity index (χ3v) is 3.05. The summed E-state index contributed by atoms with van der Waals surface area (Å²) < 4.78 is 0. The Morgan fingerprint density at radius 3 is 2.76 bits per heavy atom. The Labute approximate surface area is 101 Å². The predicted molar refractivity (Wildman–Crippen MR) is 65.6 cm³/mol. The summed E-state index contributed by atoms with van der Waals surface area (Å²) in [6, 6.07) is 9.70. The highest BCUT2D eigenvalue weighted by atomic mass is 16.2. The SMILES string of the molecule is O=C1CCCC(NC(=O)Cc2ccccc2)C1. The van der Waals surface area contributed by atoms with E-state index >= 15 is 0 Å². The van der Waals surface area contributed by atoms with Crippen molar-refractivity contribution in [3.05, 3.63) is 35.9 Å². The first kappa shape index (κ1) is 11.8. The number of nitrogens with one attached hydrogen (secondary N) is 1. The predicted octanol–water partition coefficient (Wildman–Crippen LogP) is 1.86. The molecule has 1 aromatic rings. The van der Waals surface area contributed by atoms with Crippen LogP contribution in [-0.4, -0.2) is 17.7 Å². The van der Waals surface area contributed by atoms with Gasteiger partial charge in [0.25, 0.3) is 0 Å². The summed E-state index contributed by atoms with van der Waals surface area (Å²) in [6.07, 6.45) is 3.39. The van der Waals surface area contributed by atoms with E-state index in [1.807, 2.05) is 30.3 Å². The number of amides is 1. The fourth-order valence-corrected chi connectivity index (χ4v) is 2.21. The van der Waals surface area contributed by atoms with Gasteiger partial charge in [-0.1, -0.05) is 30.3 Å². The second kappa shape index (κ2) is 5.62. The molecular weight excluding hydrogens is 214 g/mol. The average molecular weight is 231 g/mol. The lowest BCUT2D eigenvalue weighted by Gasteiger charge is -2.21. The zero-order chi connectivity index (χ0) is 12.1. The average Bonchev–Trinajstić information content (AvgIpc) is 2.30. The van der Waals surface area contributed by atoms with Gasteiger partial charge in [-0.25, -0.2) is 0 Å². The number of carbonyl (C=O) groups excluding carboxylic acids is 2. The highest BCUT2D eigenvalue weighted by molar-refractivity contribution is 5.82. The molecule has 0 spiro atoms. The highest BCUT2D eigenvalue weighted by Gasteiger charge is 2.20. The Morgan fingerprint density at radius 2 is 2.06 bits per heavy atom. The first-order chi connectivity index (χ1) is 8.24. The number of hydrogen-bond acceptors (Lipinski definition) is 2. The van der Waals surface area contributed by atoms with Crippen LogP contribution in [0.3, 0.4) is 0 Å². The number of ketones is 1. The van der Waals surface area contributed by atoms with Crippen LogP contribution in [0.1, 0.15) is 31.2 Å². The molecule has 1 aliphatic carbocycles. The van der Waals surface area contributed by atoms with Crippen molar-refractivity contribution in [2.75, 3.05) is 0 Å². The number of hydrogen-bond donors (Lipinski definition) is 1. The molecule has 3 nitrogen and oxygen atoms in total. The summed E-state index contributed by atoms with van der Waals surface area (Å²) in [6.45, 7) is 0. The van der Waals surface area contributed by atoms with Gasteiger partial charge in [0.05, 0.1) is 6.42 Å². The van der Waals surface area contributed by atoms with Gasteiger partial charge in [0.2, 0.25) is 5.91 Å². The molecule has 1 aliphatic rings. The van der Waals surface area contributed by atoms with Gasteiger partial charge in [0.15, 0.2) is 0 Å². The van der Waals surface area contributed by atoms with Gasteiger partial charge >= 0.3 is 0 Å². The van der Waals surface area contributed by atoms with Crippen molar-refractivity contribution in [3.8, 4) is 0 Å². The van der Waals surface area contributed by atoms with Crippen molar-refractivity contribution in [2.45, 2.75) is 38.1 Å². The van der Waals surface area contributed by atoms with Crippen LogP contribution in [0.2, 0.25) is 0 Å². The quantitative estimate of drug-likeness (QED) is 0.863. The number of benzene rings is 1. The van der Waals surface area contributed by atoms with E-state index in [9.17, 15) is 9.59 Å². The zero-order valence-corrected chi connectivity index (χ0v) is 9.82. The van der Waals surface area contributed by atoms with Crippen LogP contribution in [0, 0.1) is 0 Å². The maximum atomic E-state index is 11.8. The Morgan fingerprint density at radius 1 is 1.29 bits per heavy atom. The fourth-order valence-electron chi connectivity index (χ4n) is 2.21. The molecule has 1 saturated carbocycles. The van der Waals surface area contributed by atoms with E-state index in [2.05, 4.69) is 5.32 Å². The molecule has 0 saturated heterocycles. The molecule has 0 bridgehead atoms. The maximum absolute atomic E-state index is 11.8. The highest BCUT2D eigenvalue weighted by Crippen LogP contribution is 2.14. The smallest absolute Gasteiger partial charge is 0.224 e. The minimum Gasteiger partial charge on any atom is -0.353 e. The van der Waals surface area contributed by atoms with Crippen LogP contribution in [-0.2, 0) is 16.0 Å². The first-order valence-corrected chi connectivity index (χ1v) is 6.09. The second-order valence-electron chi connectivity index (χ2n) is 4.56. The summed E-state index contributed by atoms with van der Waals surface area (Å²) in [5, 5.41) is 2.94. The Hall–Kier alpha value is -1.64. The molecule has 0 heterocycles. The summed E-state index contributed by atoms with van der Waals surface area (Å²) in [5.74, 6) is 0.275. The van der Waals surface area contributed by atoms with E-state index < -0.39 is 0 Å². The van der Waals surface area contributed by atoms with E-state index in [0.29, 0.717) is 19.3 Å². The lowest BCUT2D eigenvalue weighted by atomic mass is 9.94. The van der Waals surface area contributed by atoms with Gasteiger partial charge in [0, 0.05) is 18.9 Å². The third kappa shape index (κ3) is 3.70. The van der Waals surface area contributed by atoms with Crippen molar-refractivity contribution in [1.29, 1.82) is 0 Å². The zero-order valence-electron chi connectivity index (χ0n) is 9.82. The molecule has 0 aliphatic heterocycles.